The number of amides is 1. The molecule has 2 aromatic carbocycles. The van der Waals surface area contributed by atoms with Gasteiger partial charge in [-0.25, -0.2) is 0 Å². The molecule has 4 heteroatoms. The zero-order valence-corrected chi connectivity index (χ0v) is 18.3. The highest BCUT2D eigenvalue weighted by atomic mass is 16.2. The van der Waals surface area contributed by atoms with E-state index in [1.165, 1.54) is 11.1 Å². The third kappa shape index (κ3) is 6.54. The average molecular weight is 406 g/mol. The molecule has 0 bridgehead atoms. The van der Waals surface area contributed by atoms with Crippen LogP contribution < -0.4 is 5.32 Å². The fourth-order valence-corrected chi connectivity index (χ4v) is 4.00. The average Bonchev–Trinajstić information content (AvgIpc) is 2.81. The minimum Gasteiger partial charge on any atom is -0.354 e. The first-order chi connectivity index (χ1) is 14.7. The van der Waals surface area contributed by atoms with Gasteiger partial charge in [-0.1, -0.05) is 79.7 Å². The molecule has 1 heterocycles. The molecule has 2 aromatic rings. The van der Waals surface area contributed by atoms with Crippen molar-refractivity contribution in [2.24, 2.45) is 0 Å². The molecule has 1 fully saturated rings. The number of piperazine rings is 1. The Bertz CT molecular complexity index is 782. The molecule has 2 atom stereocenters. The van der Waals surface area contributed by atoms with Gasteiger partial charge in [0.05, 0.1) is 6.04 Å². The summed E-state index contributed by atoms with van der Waals surface area (Å²) in [5.41, 5.74) is 2.53. The SMILES string of the molecule is CCC(CNC(=O)C(C)N1CCN(C/C=C/c2ccccc2)CC1)c1ccccc1. The molecule has 4 nitrogen and oxygen atoms in total. The number of nitrogens with one attached hydrogen (secondary N) is 1. The molecular formula is C26H35N3O. The van der Waals surface area contributed by atoms with Crippen molar-refractivity contribution in [1.82, 2.24) is 15.1 Å². The quantitative estimate of drug-likeness (QED) is 0.685. The lowest BCUT2D eigenvalue weighted by Crippen LogP contribution is -2.54. The van der Waals surface area contributed by atoms with Crippen molar-refractivity contribution in [2.75, 3.05) is 39.3 Å². The van der Waals surface area contributed by atoms with Crippen LogP contribution >= 0.6 is 0 Å². The summed E-state index contributed by atoms with van der Waals surface area (Å²) in [4.78, 5) is 17.5. The van der Waals surface area contributed by atoms with Crippen LogP contribution in [0.3, 0.4) is 0 Å². The second kappa shape index (κ2) is 11.7. The lowest BCUT2D eigenvalue weighted by atomic mass is 9.96. The van der Waals surface area contributed by atoms with Gasteiger partial charge in [0.2, 0.25) is 5.91 Å². The summed E-state index contributed by atoms with van der Waals surface area (Å²) >= 11 is 0. The molecule has 1 saturated heterocycles. The molecule has 160 valence electrons. The smallest absolute Gasteiger partial charge is 0.237 e. The van der Waals surface area contributed by atoms with E-state index in [4.69, 9.17) is 0 Å². The Kier molecular flexibility index (Phi) is 8.66. The highest BCUT2D eigenvalue weighted by Crippen LogP contribution is 2.18. The molecule has 0 saturated carbocycles. The Morgan fingerprint density at radius 3 is 2.27 bits per heavy atom. The van der Waals surface area contributed by atoms with Crippen LogP contribution in [0.2, 0.25) is 0 Å². The number of carbonyl (C=O) groups excluding carboxylic acids is 1. The Labute approximate surface area is 181 Å². The summed E-state index contributed by atoms with van der Waals surface area (Å²) in [7, 11) is 0. The van der Waals surface area contributed by atoms with Crippen molar-refractivity contribution < 1.29 is 4.79 Å². The van der Waals surface area contributed by atoms with Gasteiger partial charge < -0.3 is 5.32 Å². The Morgan fingerprint density at radius 2 is 1.63 bits per heavy atom. The van der Waals surface area contributed by atoms with Crippen molar-refractivity contribution in [3.05, 3.63) is 77.9 Å². The van der Waals surface area contributed by atoms with Gasteiger partial charge in [-0.05, 0) is 24.5 Å². The highest BCUT2D eigenvalue weighted by Gasteiger charge is 2.25. The van der Waals surface area contributed by atoms with Gasteiger partial charge in [0.25, 0.3) is 0 Å². The van der Waals surface area contributed by atoms with Gasteiger partial charge in [-0.3, -0.25) is 14.6 Å². The molecular weight excluding hydrogens is 370 g/mol. The molecule has 0 radical (unpaired) electrons. The van der Waals surface area contributed by atoms with Gasteiger partial charge in [-0.15, -0.1) is 0 Å². The standard InChI is InChI=1S/C26H35N3O/c1-3-24(25-14-8-5-9-15-25)21-27-26(30)22(2)29-19-17-28(18-20-29)16-10-13-23-11-6-4-7-12-23/h4-15,22,24H,3,16-21H2,1-2H3,(H,27,30)/b13-10+. The number of hydrogen-bond acceptors (Lipinski definition) is 3. The lowest BCUT2D eigenvalue weighted by Gasteiger charge is -2.37. The van der Waals surface area contributed by atoms with E-state index in [9.17, 15) is 4.79 Å². The molecule has 1 N–H and O–H groups in total. The van der Waals surface area contributed by atoms with Crippen LogP contribution in [0.15, 0.2) is 66.7 Å². The van der Waals surface area contributed by atoms with Crippen molar-refractivity contribution in [3.63, 3.8) is 0 Å². The van der Waals surface area contributed by atoms with Crippen molar-refractivity contribution in [1.29, 1.82) is 0 Å². The summed E-state index contributed by atoms with van der Waals surface area (Å²) in [5.74, 6) is 0.511. The summed E-state index contributed by atoms with van der Waals surface area (Å²) in [6.07, 6.45) is 5.43. The molecule has 2 unspecified atom stereocenters. The first-order valence-electron chi connectivity index (χ1n) is 11.2. The van der Waals surface area contributed by atoms with Crippen molar-refractivity contribution >= 4 is 12.0 Å². The van der Waals surface area contributed by atoms with E-state index < -0.39 is 0 Å². The zero-order valence-electron chi connectivity index (χ0n) is 18.3. The third-order valence-corrected chi connectivity index (χ3v) is 6.09. The van der Waals surface area contributed by atoms with Crippen molar-refractivity contribution in [2.45, 2.75) is 32.2 Å². The Morgan fingerprint density at radius 1 is 1.00 bits per heavy atom. The number of nitrogens with zero attached hydrogens (tertiary/aromatic N) is 2. The van der Waals surface area contributed by atoms with Crippen LogP contribution in [0, 0.1) is 0 Å². The third-order valence-electron chi connectivity index (χ3n) is 6.09. The fourth-order valence-electron chi connectivity index (χ4n) is 4.00. The number of benzene rings is 2. The highest BCUT2D eigenvalue weighted by molar-refractivity contribution is 5.81. The Balaban J connectivity index is 1.40. The summed E-state index contributed by atoms with van der Waals surface area (Å²) in [5, 5.41) is 3.19. The maximum atomic E-state index is 12.7. The molecule has 1 aliphatic heterocycles. The van der Waals surface area contributed by atoms with Gasteiger partial charge >= 0.3 is 0 Å². The van der Waals surface area contributed by atoms with Crippen LogP contribution in [-0.4, -0.2) is 61.0 Å². The predicted molar refractivity (Wildman–Crippen MR) is 125 cm³/mol. The molecule has 30 heavy (non-hydrogen) atoms. The monoisotopic (exact) mass is 405 g/mol. The number of hydrogen-bond donors (Lipinski definition) is 1. The fraction of sp³-hybridized carbons (Fsp3) is 0.423. The van der Waals surface area contributed by atoms with Gasteiger partial charge in [-0.2, -0.15) is 0 Å². The largest absolute Gasteiger partial charge is 0.354 e. The Hall–Kier alpha value is -2.43. The summed E-state index contributed by atoms with van der Waals surface area (Å²) < 4.78 is 0. The summed E-state index contributed by atoms with van der Waals surface area (Å²) in [6, 6.07) is 20.8. The van der Waals surface area contributed by atoms with E-state index in [0.717, 1.165) is 39.1 Å². The normalized spacial score (nSPS) is 17.7. The lowest BCUT2D eigenvalue weighted by molar-refractivity contribution is -0.126. The van der Waals surface area contributed by atoms with Crippen LogP contribution in [0.4, 0.5) is 0 Å². The van der Waals surface area contributed by atoms with E-state index in [0.29, 0.717) is 12.5 Å². The number of rotatable bonds is 9. The minimum absolute atomic E-state index is 0.0831. The van der Waals surface area contributed by atoms with E-state index >= 15 is 0 Å². The molecule has 0 aliphatic carbocycles. The maximum absolute atomic E-state index is 12.7. The molecule has 1 amide bonds. The molecule has 0 aromatic heterocycles. The molecule has 1 aliphatic rings. The van der Waals surface area contributed by atoms with Gasteiger partial charge in [0.1, 0.15) is 0 Å². The van der Waals surface area contributed by atoms with Crippen LogP contribution in [0.5, 0.6) is 0 Å². The number of carbonyl (C=O) groups is 1. The van der Waals surface area contributed by atoms with Crippen molar-refractivity contribution in [3.8, 4) is 0 Å². The second-order valence-electron chi connectivity index (χ2n) is 8.09. The predicted octanol–water partition coefficient (Wildman–Crippen LogP) is 4.02. The van der Waals surface area contributed by atoms with Crippen LogP contribution in [0.25, 0.3) is 6.08 Å². The zero-order chi connectivity index (χ0) is 21.2. The molecule has 3 rings (SSSR count). The van der Waals surface area contributed by atoms with E-state index in [1.54, 1.807) is 0 Å². The summed E-state index contributed by atoms with van der Waals surface area (Å²) in [6.45, 7) is 9.74. The molecule has 0 spiro atoms. The first kappa shape index (κ1) is 22.3. The van der Waals surface area contributed by atoms with E-state index in [-0.39, 0.29) is 11.9 Å². The van der Waals surface area contributed by atoms with E-state index in [2.05, 4.69) is 82.7 Å². The second-order valence-corrected chi connectivity index (χ2v) is 8.09. The van der Waals surface area contributed by atoms with Gasteiger partial charge in [0, 0.05) is 45.2 Å². The maximum Gasteiger partial charge on any atom is 0.237 e. The van der Waals surface area contributed by atoms with Crippen LogP contribution in [0.1, 0.15) is 37.3 Å². The minimum atomic E-state index is -0.0831. The van der Waals surface area contributed by atoms with Crippen LogP contribution in [-0.2, 0) is 4.79 Å². The van der Waals surface area contributed by atoms with Gasteiger partial charge in [0.15, 0.2) is 0 Å². The van der Waals surface area contributed by atoms with E-state index in [1.807, 2.05) is 19.1 Å². The topological polar surface area (TPSA) is 35.6 Å². The first-order valence-corrected chi connectivity index (χ1v) is 11.2.